The Hall–Kier alpha value is -0.490. The lowest BCUT2D eigenvalue weighted by molar-refractivity contribution is -0.152. The summed E-state index contributed by atoms with van der Waals surface area (Å²) in [4.78, 5) is 12.8. The van der Waals surface area contributed by atoms with E-state index in [0.717, 1.165) is 19.3 Å². The minimum Gasteiger partial charge on any atom is -0.294 e. The smallest absolute Gasteiger partial charge is 0.294 e. The molecule has 4 fully saturated rings. The molecule has 0 spiro atoms. The van der Waals surface area contributed by atoms with Crippen molar-refractivity contribution >= 4 is 15.9 Å². The third kappa shape index (κ3) is 2.25. The molecule has 6 heteroatoms. The van der Waals surface area contributed by atoms with E-state index in [9.17, 15) is 17.8 Å². The normalized spacial score (nSPS) is 41.0. The first-order valence-electron chi connectivity index (χ1n) is 7.91. The summed E-state index contributed by atoms with van der Waals surface area (Å²) in [6.07, 6.45) is 4.82. The van der Waals surface area contributed by atoms with Gasteiger partial charge in [-0.15, -0.1) is 0 Å². The Labute approximate surface area is 125 Å². The van der Waals surface area contributed by atoms with Crippen molar-refractivity contribution < 1.29 is 22.2 Å². The van der Waals surface area contributed by atoms with E-state index < -0.39 is 32.7 Å². The van der Waals surface area contributed by atoms with E-state index in [1.165, 1.54) is 0 Å². The van der Waals surface area contributed by atoms with E-state index in [1.54, 1.807) is 6.92 Å². The topological polar surface area (TPSA) is 71.4 Å². The molecular weight excluding hydrogens is 295 g/mol. The molecule has 1 N–H and O–H groups in total. The zero-order chi connectivity index (χ0) is 15.5. The van der Waals surface area contributed by atoms with Crippen LogP contribution in [0.15, 0.2) is 0 Å². The molecule has 0 amide bonds. The lowest BCUT2D eigenvalue weighted by Gasteiger charge is -2.56. The number of carbonyl (C=O) groups excluding carboxylic acids is 1. The van der Waals surface area contributed by atoms with E-state index in [-0.39, 0.29) is 6.42 Å². The molecule has 4 bridgehead atoms. The number of alkyl halides is 1. The first kappa shape index (κ1) is 15.4. The van der Waals surface area contributed by atoms with Crippen LogP contribution in [0.25, 0.3) is 0 Å². The molecule has 0 aromatic rings. The number of Topliss-reactive ketones (excluding diaryl/α,β-unsaturated/α-hetero) is 1. The summed E-state index contributed by atoms with van der Waals surface area (Å²) in [7, 11) is -5.04. The predicted molar refractivity (Wildman–Crippen MR) is 75.9 cm³/mol. The van der Waals surface area contributed by atoms with E-state index in [2.05, 4.69) is 0 Å². The molecule has 4 rings (SSSR count). The summed E-state index contributed by atoms with van der Waals surface area (Å²) in [6, 6.07) is 0. The molecule has 1 unspecified atom stereocenters. The fourth-order valence-electron chi connectivity index (χ4n) is 5.47. The number of halogens is 1. The second-order valence-corrected chi connectivity index (χ2v) is 9.08. The third-order valence-corrected chi connectivity index (χ3v) is 7.05. The highest BCUT2D eigenvalue weighted by atomic mass is 32.2. The van der Waals surface area contributed by atoms with Gasteiger partial charge >= 0.3 is 10.1 Å². The van der Waals surface area contributed by atoms with Gasteiger partial charge in [0.05, 0.1) is 0 Å². The first-order valence-corrected chi connectivity index (χ1v) is 9.35. The van der Waals surface area contributed by atoms with E-state index >= 15 is 4.39 Å². The minimum atomic E-state index is -5.04. The molecule has 0 radical (unpaired) electrons. The van der Waals surface area contributed by atoms with Crippen molar-refractivity contribution in [3.63, 3.8) is 0 Å². The number of ketones is 1. The largest absolute Gasteiger partial charge is 0.307 e. The van der Waals surface area contributed by atoms with Gasteiger partial charge < -0.3 is 0 Å². The number of hydrogen-bond acceptors (Lipinski definition) is 3. The van der Waals surface area contributed by atoms with Crippen LogP contribution in [-0.4, -0.2) is 23.8 Å². The Kier molecular flexibility index (Phi) is 3.49. The van der Waals surface area contributed by atoms with Gasteiger partial charge in [-0.2, -0.15) is 8.42 Å². The van der Waals surface area contributed by atoms with Gasteiger partial charge in [0, 0.05) is 11.8 Å². The van der Waals surface area contributed by atoms with Gasteiger partial charge in [-0.05, 0) is 56.3 Å². The molecule has 120 valence electrons. The van der Waals surface area contributed by atoms with Crippen molar-refractivity contribution in [3.8, 4) is 0 Å². The van der Waals surface area contributed by atoms with Crippen LogP contribution in [0.4, 0.5) is 4.39 Å². The van der Waals surface area contributed by atoms with Crippen LogP contribution in [-0.2, 0) is 14.9 Å². The molecule has 4 aliphatic carbocycles. The maximum atomic E-state index is 15.0. The van der Waals surface area contributed by atoms with Crippen LogP contribution in [0.5, 0.6) is 0 Å². The van der Waals surface area contributed by atoms with Gasteiger partial charge in [-0.3, -0.25) is 9.35 Å². The van der Waals surface area contributed by atoms with Gasteiger partial charge in [0.25, 0.3) is 5.00 Å². The zero-order valence-electron chi connectivity index (χ0n) is 12.3. The second kappa shape index (κ2) is 4.75. The summed E-state index contributed by atoms with van der Waals surface area (Å²) in [5, 5.41) is -3.12. The van der Waals surface area contributed by atoms with Crippen LogP contribution in [0.1, 0.15) is 58.3 Å². The molecule has 4 nitrogen and oxygen atoms in total. The van der Waals surface area contributed by atoms with Gasteiger partial charge in [0.2, 0.25) is 0 Å². The minimum absolute atomic E-state index is 0.203. The molecule has 0 saturated heterocycles. The summed E-state index contributed by atoms with van der Waals surface area (Å²) >= 11 is 0. The molecule has 0 heterocycles. The zero-order valence-corrected chi connectivity index (χ0v) is 13.2. The van der Waals surface area contributed by atoms with Crippen LogP contribution < -0.4 is 0 Å². The average Bonchev–Trinajstić information content (AvgIpc) is 2.35. The second-order valence-electron chi connectivity index (χ2n) is 7.48. The van der Waals surface area contributed by atoms with Gasteiger partial charge in [-0.25, -0.2) is 4.39 Å². The van der Waals surface area contributed by atoms with E-state index in [4.69, 9.17) is 0 Å². The Morgan fingerprint density at radius 1 is 1.19 bits per heavy atom. The van der Waals surface area contributed by atoms with Crippen LogP contribution in [0.2, 0.25) is 0 Å². The number of hydrogen-bond donors (Lipinski definition) is 1. The van der Waals surface area contributed by atoms with Crippen molar-refractivity contribution in [1.82, 2.24) is 0 Å². The summed E-state index contributed by atoms with van der Waals surface area (Å²) in [6.45, 7) is 1.62. The Balaban J connectivity index is 1.97. The molecule has 21 heavy (non-hydrogen) atoms. The average molecular weight is 318 g/mol. The summed E-state index contributed by atoms with van der Waals surface area (Å²) in [5.74, 6) is 0.408. The fraction of sp³-hybridized carbons (Fsp3) is 0.933. The maximum Gasteiger partial charge on any atom is 0.307 e. The molecule has 4 aliphatic rings. The molecule has 0 aromatic heterocycles. The van der Waals surface area contributed by atoms with Crippen LogP contribution >= 0.6 is 0 Å². The fourth-order valence-corrected chi connectivity index (χ4v) is 6.38. The maximum absolute atomic E-state index is 15.0. The highest BCUT2D eigenvalue weighted by Gasteiger charge is 2.63. The van der Waals surface area contributed by atoms with Crippen molar-refractivity contribution in [2.75, 3.05) is 0 Å². The Morgan fingerprint density at radius 3 is 1.95 bits per heavy atom. The van der Waals surface area contributed by atoms with Gasteiger partial charge in [0.15, 0.2) is 5.78 Å². The van der Waals surface area contributed by atoms with Crippen molar-refractivity contribution in [1.29, 1.82) is 0 Å². The molecular formula is C15H23FO4S. The number of carbonyl (C=O) groups is 1. The third-order valence-electron chi connectivity index (χ3n) is 5.84. The van der Waals surface area contributed by atoms with Gasteiger partial charge in [0.1, 0.15) is 0 Å². The molecule has 4 saturated carbocycles. The highest BCUT2D eigenvalue weighted by Crippen LogP contribution is 2.61. The van der Waals surface area contributed by atoms with Gasteiger partial charge in [-0.1, -0.05) is 13.3 Å². The Bertz CT molecular complexity index is 521. The van der Waals surface area contributed by atoms with Crippen LogP contribution in [0.3, 0.4) is 0 Å². The lowest BCUT2D eigenvalue weighted by Crippen LogP contribution is -2.57. The summed E-state index contributed by atoms with van der Waals surface area (Å²) < 4.78 is 47.4. The van der Waals surface area contributed by atoms with Crippen molar-refractivity contribution in [3.05, 3.63) is 0 Å². The molecule has 1 atom stereocenters. The quantitative estimate of drug-likeness (QED) is 0.791. The standard InChI is InChI=1S/C15H23FO4S/c1-2-3-15(16,21(18,19)20)13(17)14-7-10-4-11(8-14)6-12(5-10)9-14/h10-12H,2-9H2,1H3,(H,18,19,20). The first-order chi connectivity index (χ1) is 9.70. The molecule has 0 aliphatic heterocycles. The van der Waals surface area contributed by atoms with E-state index in [1.807, 2.05) is 0 Å². The van der Waals surface area contributed by atoms with Crippen molar-refractivity contribution in [2.45, 2.75) is 63.3 Å². The predicted octanol–water partition coefficient (Wildman–Crippen LogP) is 3.13. The van der Waals surface area contributed by atoms with Crippen molar-refractivity contribution in [2.24, 2.45) is 23.2 Å². The van der Waals surface area contributed by atoms with E-state index in [0.29, 0.717) is 37.0 Å². The number of rotatable bonds is 5. The SMILES string of the molecule is CCCC(F)(C(=O)C12CC3CC(CC(C3)C1)C2)S(=O)(=O)O. The lowest BCUT2D eigenvalue weighted by atomic mass is 9.48. The molecule has 0 aromatic carbocycles. The monoisotopic (exact) mass is 318 g/mol. The summed E-state index contributed by atoms with van der Waals surface area (Å²) in [5.41, 5.74) is -0.853. The van der Waals surface area contributed by atoms with Crippen LogP contribution in [0, 0.1) is 23.2 Å². The Morgan fingerprint density at radius 2 is 1.62 bits per heavy atom. The highest BCUT2D eigenvalue weighted by molar-refractivity contribution is 7.87.